The Hall–Kier alpha value is -1.88. The van der Waals surface area contributed by atoms with Gasteiger partial charge >= 0.3 is 0 Å². The lowest BCUT2D eigenvalue weighted by atomic mass is 10.00. The minimum absolute atomic E-state index is 0.320. The standard InChI is InChI=1S/C19H26N4O/c1-14-7-5-8-15-16(9-6-12-24-19(14)15)20-13-18-22-21-17-10-3-2-4-11-23(17)18/h5,7-8,16,20H,2-4,6,9-13H2,1H3/t16-/m0/s1. The summed E-state index contributed by atoms with van der Waals surface area (Å²) in [5, 5.41) is 12.6. The molecule has 1 atom stereocenters. The van der Waals surface area contributed by atoms with Gasteiger partial charge in [0.1, 0.15) is 17.4 Å². The molecule has 0 amide bonds. The Balaban J connectivity index is 1.52. The third kappa shape index (κ3) is 3.05. The summed E-state index contributed by atoms with van der Waals surface area (Å²) in [7, 11) is 0. The van der Waals surface area contributed by atoms with Crippen molar-refractivity contribution in [1.29, 1.82) is 0 Å². The minimum atomic E-state index is 0.320. The van der Waals surface area contributed by atoms with Crippen LogP contribution in [0.5, 0.6) is 5.75 Å². The van der Waals surface area contributed by atoms with Crippen molar-refractivity contribution in [2.45, 2.75) is 64.6 Å². The van der Waals surface area contributed by atoms with Crippen LogP contribution in [-0.2, 0) is 19.5 Å². The summed E-state index contributed by atoms with van der Waals surface area (Å²) < 4.78 is 8.30. The van der Waals surface area contributed by atoms with Crippen molar-refractivity contribution in [3.8, 4) is 5.75 Å². The molecule has 1 N–H and O–H groups in total. The van der Waals surface area contributed by atoms with Gasteiger partial charge in [0.2, 0.25) is 0 Å². The lowest BCUT2D eigenvalue weighted by Gasteiger charge is -2.19. The molecule has 2 aliphatic rings. The van der Waals surface area contributed by atoms with Gasteiger partial charge in [0.15, 0.2) is 0 Å². The van der Waals surface area contributed by atoms with Gasteiger partial charge in [0, 0.05) is 24.6 Å². The maximum atomic E-state index is 5.98. The van der Waals surface area contributed by atoms with E-state index in [1.165, 1.54) is 30.4 Å². The molecule has 2 aliphatic heterocycles. The van der Waals surface area contributed by atoms with Gasteiger partial charge in [-0.1, -0.05) is 24.6 Å². The fraction of sp³-hybridized carbons (Fsp3) is 0.579. The Kier molecular flexibility index (Phi) is 4.52. The number of nitrogens with zero attached hydrogens (tertiary/aromatic N) is 3. The quantitative estimate of drug-likeness (QED) is 0.940. The molecular formula is C19H26N4O. The molecule has 2 aromatic rings. The highest BCUT2D eigenvalue weighted by Gasteiger charge is 2.22. The van der Waals surface area contributed by atoms with Gasteiger partial charge in [-0.05, 0) is 38.2 Å². The minimum Gasteiger partial charge on any atom is -0.493 e. The molecule has 0 aliphatic carbocycles. The number of hydrogen-bond donors (Lipinski definition) is 1. The number of rotatable bonds is 3. The van der Waals surface area contributed by atoms with Crippen molar-refractivity contribution in [3.05, 3.63) is 41.0 Å². The zero-order valence-electron chi connectivity index (χ0n) is 14.4. The van der Waals surface area contributed by atoms with Crippen molar-refractivity contribution >= 4 is 0 Å². The van der Waals surface area contributed by atoms with E-state index in [1.807, 2.05) is 0 Å². The number of nitrogens with one attached hydrogen (secondary N) is 1. The Labute approximate surface area is 143 Å². The summed E-state index contributed by atoms with van der Waals surface area (Å²) >= 11 is 0. The van der Waals surface area contributed by atoms with E-state index in [2.05, 4.69) is 45.2 Å². The first-order chi connectivity index (χ1) is 11.8. The van der Waals surface area contributed by atoms with Crippen LogP contribution in [-0.4, -0.2) is 21.4 Å². The van der Waals surface area contributed by atoms with Crippen LogP contribution in [0.2, 0.25) is 0 Å². The van der Waals surface area contributed by atoms with Crippen molar-refractivity contribution < 1.29 is 4.74 Å². The molecule has 0 unspecified atom stereocenters. The molecule has 0 radical (unpaired) electrons. The molecule has 0 bridgehead atoms. The van der Waals surface area contributed by atoms with Crippen LogP contribution in [0.1, 0.15) is 60.9 Å². The average molecular weight is 326 g/mol. The van der Waals surface area contributed by atoms with E-state index in [-0.39, 0.29) is 0 Å². The Morgan fingerprint density at radius 3 is 3.12 bits per heavy atom. The molecule has 0 saturated carbocycles. The lowest BCUT2D eigenvalue weighted by molar-refractivity contribution is 0.313. The van der Waals surface area contributed by atoms with E-state index in [0.717, 1.165) is 56.4 Å². The van der Waals surface area contributed by atoms with E-state index < -0.39 is 0 Å². The molecule has 0 fully saturated rings. The predicted molar refractivity (Wildman–Crippen MR) is 93.1 cm³/mol. The van der Waals surface area contributed by atoms with Crippen LogP contribution in [0, 0.1) is 6.92 Å². The third-order valence-electron chi connectivity index (χ3n) is 5.19. The number of aryl methyl sites for hydroxylation is 2. The summed E-state index contributed by atoms with van der Waals surface area (Å²) in [4.78, 5) is 0. The normalized spacial score (nSPS) is 20.5. The summed E-state index contributed by atoms with van der Waals surface area (Å²) in [5.41, 5.74) is 2.50. The number of para-hydroxylation sites is 1. The molecule has 0 saturated heterocycles. The van der Waals surface area contributed by atoms with E-state index in [1.54, 1.807) is 0 Å². The zero-order valence-corrected chi connectivity index (χ0v) is 14.4. The molecule has 5 nitrogen and oxygen atoms in total. The van der Waals surface area contributed by atoms with Crippen LogP contribution in [0.25, 0.3) is 0 Å². The number of benzene rings is 1. The molecule has 5 heteroatoms. The van der Waals surface area contributed by atoms with Crippen molar-refractivity contribution in [3.63, 3.8) is 0 Å². The number of fused-ring (bicyclic) bond motifs is 2. The summed E-state index contributed by atoms with van der Waals surface area (Å²) in [6.45, 7) is 4.75. The largest absolute Gasteiger partial charge is 0.493 e. The summed E-state index contributed by atoms with van der Waals surface area (Å²) in [5.74, 6) is 3.29. The second-order valence-electron chi connectivity index (χ2n) is 6.91. The second kappa shape index (κ2) is 6.93. The Bertz CT molecular complexity index is 709. The first-order valence-corrected chi connectivity index (χ1v) is 9.19. The van der Waals surface area contributed by atoms with Crippen LogP contribution in [0.3, 0.4) is 0 Å². The van der Waals surface area contributed by atoms with Crippen LogP contribution in [0.4, 0.5) is 0 Å². The van der Waals surface area contributed by atoms with Crippen molar-refractivity contribution in [2.24, 2.45) is 0 Å². The van der Waals surface area contributed by atoms with E-state index in [0.29, 0.717) is 6.04 Å². The van der Waals surface area contributed by atoms with E-state index in [4.69, 9.17) is 4.74 Å². The number of aromatic nitrogens is 3. The smallest absolute Gasteiger partial charge is 0.147 e. The van der Waals surface area contributed by atoms with Crippen molar-refractivity contribution in [2.75, 3.05) is 6.61 Å². The highest BCUT2D eigenvalue weighted by molar-refractivity contribution is 5.43. The third-order valence-corrected chi connectivity index (χ3v) is 5.19. The lowest BCUT2D eigenvalue weighted by Crippen LogP contribution is -2.23. The topological polar surface area (TPSA) is 52.0 Å². The van der Waals surface area contributed by atoms with Crippen molar-refractivity contribution in [1.82, 2.24) is 20.1 Å². The van der Waals surface area contributed by atoms with Gasteiger partial charge in [-0.25, -0.2) is 0 Å². The number of ether oxygens (including phenoxy) is 1. The summed E-state index contributed by atoms with van der Waals surface area (Å²) in [6, 6.07) is 6.76. The van der Waals surface area contributed by atoms with Crippen LogP contribution < -0.4 is 10.1 Å². The van der Waals surface area contributed by atoms with E-state index in [9.17, 15) is 0 Å². The molecule has 3 heterocycles. The van der Waals surface area contributed by atoms with Gasteiger partial charge < -0.3 is 14.6 Å². The second-order valence-corrected chi connectivity index (χ2v) is 6.91. The molecule has 0 spiro atoms. The maximum Gasteiger partial charge on any atom is 0.147 e. The van der Waals surface area contributed by atoms with Gasteiger partial charge in [0.25, 0.3) is 0 Å². The monoisotopic (exact) mass is 326 g/mol. The van der Waals surface area contributed by atoms with Gasteiger partial charge in [-0.15, -0.1) is 10.2 Å². The molecule has 1 aromatic carbocycles. The van der Waals surface area contributed by atoms with Gasteiger partial charge in [-0.3, -0.25) is 0 Å². The van der Waals surface area contributed by atoms with Gasteiger partial charge in [-0.2, -0.15) is 0 Å². The number of hydrogen-bond acceptors (Lipinski definition) is 4. The predicted octanol–water partition coefficient (Wildman–Crippen LogP) is 3.32. The first-order valence-electron chi connectivity index (χ1n) is 9.19. The average Bonchev–Trinajstić information content (AvgIpc) is 2.78. The van der Waals surface area contributed by atoms with Gasteiger partial charge in [0.05, 0.1) is 13.2 Å². The van der Waals surface area contributed by atoms with Crippen LogP contribution in [0.15, 0.2) is 18.2 Å². The SMILES string of the molecule is Cc1cccc2c1OCCC[C@@H]2NCc1nnc2n1CCCCC2. The molecular weight excluding hydrogens is 300 g/mol. The fourth-order valence-electron chi connectivity index (χ4n) is 3.87. The highest BCUT2D eigenvalue weighted by Crippen LogP contribution is 2.34. The molecule has 1 aromatic heterocycles. The molecule has 24 heavy (non-hydrogen) atoms. The Morgan fingerprint density at radius 2 is 2.17 bits per heavy atom. The summed E-state index contributed by atoms with van der Waals surface area (Å²) in [6.07, 6.45) is 6.99. The molecule has 128 valence electrons. The zero-order chi connectivity index (χ0) is 16.4. The first kappa shape index (κ1) is 15.6. The highest BCUT2D eigenvalue weighted by atomic mass is 16.5. The van der Waals surface area contributed by atoms with E-state index >= 15 is 0 Å². The fourth-order valence-corrected chi connectivity index (χ4v) is 3.87. The Morgan fingerprint density at radius 1 is 1.21 bits per heavy atom. The van der Waals surface area contributed by atoms with Crippen LogP contribution >= 0.6 is 0 Å². The molecule has 4 rings (SSSR count). The maximum absolute atomic E-state index is 5.98.